The molecular weight excluding hydrogens is 1050 g/mol. The highest BCUT2D eigenvalue weighted by atomic mass is 16.6. The van der Waals surface area contributed by atoms with Crippen LogP contribution in [0.25, 0.3) is 0 Å². The lowest BCUT2D eigenvalue weighted by Crippen LogP contribution is -2.54. The number of carboxylic acids is 1. The van der Waals surface area contributed by atoms with Gasteiger partial charge in [-0.15, -0.1) is 0 Å². The minimum Gasteiger partial charge on any atom is -0.490 e. The van der Waals surface area contributed by atoms with E-state index in [0.29, 0.717) is 30.3 Å². The zero-order valence-corrected chi connectivity index (χ0v) is 51.7. The first-order valence-corrected chi connectivity index (χ1v) is 30.2. The first-order chi connectivity index (χ1) is 39.2. The smallest absolute Gasteiger partial charge is 0.410 e. The lowest BCUT2D eigenvalue weighted by molar-refractivity contribution is -0.136. The van der Waals surface area contributed by atoms with Crippen molar-refractivity contribution < 1.29 is 43.3 Å². The average Bonchev–Trinajstić information content (AvgIpc) is 3.63. The predicted octanol–water partition coefficient (Wildman–Crippen LogP) is 10.5. The summed E-state index contributed by atoms with van der Waals surface area (Å²) in [6, 6.07) is 28.3. The van der Waals surface area contributed by atoms with Gasteiger partial charge in [0.1, 0.15) is 17.1 Å². The molecule has 2 heterocycles. The van der Waals surface area contributed by atoms with E-state index in [2.05, 4.69) is 78.5 Å². The number of aliphatic carboxylic acids is 1. The molecular formula is C67H95N7O9. The number of aryl methyl sites for hydroxylation is 2. The maximum Gasteiger partial charge on any atom is 0.410 e. The van der Waals surface area contributed by atoms with E-state index in [1.165, 1.54) is 16.7 Å². The fourth-order valence-corrected chi connectivity index (χ4v) is 11.9. The van der Waals surface area contributed by atoms with Crippen LogP contribution in [-0.2, 0) is 49.8 Å². The van der Waals surface area contributed by atoms with Gasteiger partial charge in [0.05, 0.1) is 25.0 Å². The molecule has 0 aromatic heterocycles. The van der Waals surface area contributed by atoms with Crippen molar-refractivity contribution in [3.63, 3.8) is 0 Å². The monoisotopic (exact) mass is 1140 g/mol. The summed E-state index contributed by atoms with van der Waals surface area (Å²) in [5.41, 5.74) is 7.67. The molecule has 3 N–H and O–H groups in total. The summed E-state index contributed by atoms with van der Waals surface area (Å²) in [7, 11) is 3.75. The van der Waals surface area contributed by atoms with Gasteiger partial charge in [-0.1, -0.05) is 36.4 Å². The van der Waals surface area contributed by atoms with Crippen molar-refractivity contribution in [2.45, 2.75) is 182 Å². The minimum absolute atomic E-state index is 0.00630. The van der Waals surface area contributed by atoms with Gasteiger partial charge in [-0.3, -0.25) is 29.0 Å². The molecule has 4 amide bonds. The SMILES string of the molecule is Cc1cc(N(C)C(=O)C2CCC(Oc3cccc(CC(=O)NC(C)(C)C)c3)CC2)ccc1CN1CCN[C@@H](C)C1.Cc1cc(N(C)C(=O)C2CCC(Oc3cccc(CC(=O)O)c3)CC2)ccc1CN1CCN(C(=O)OC(C)(C)C)[C@@H](C)C1. The highest BCUT2D eigenvalue weighted by Crippen LogP contribution is 2.33. The van der Waals surface area contributed by atoms with Crippen LogP contribution in [0.3, 0.4) is 0 Å². The molecule has 0 spiro atoms. The molecule has 4 aliphatic rings. The van der Waals surface area contributed by atoms with Crippen LogP contribution in [0.15, 0.2) is 84.9 Å². The second-order valence-corrected chi connectivity index (χ2v) is 25.9. The summed E-state index contributed by atoms with van der Waals surface area (Å²) in [4.78, 5) is 73.0. The van der Waals surface area contributed by atoms with Crippen LogP contribution in [0.4, 0.5) is 16.2 Å². The maximum absolute atomic E-state index is 13.4. The number of anilines is 2. The number of carbonyl (C=O) groups is 5. The predicted molar refractivity (Wildman–Crippen MR) is 328 cm³/mol. The van der Waals surface area contributed by atoms with E-state index in [1.54, 1.807) is 17.0 Å². The molecule has 0 unspecified atom stereocenters. The van der Waals surface area contributed by atoms with Crippen LogP contribution in [-0.4, -0.2) is 138 Å². The van der Waals surface area contributed by atoms with E-state index >= 15 is 0 Å². The topological polar surface area (TPSA) is 174 Å². The number of nitrogens with zero attached hydrogens (tertiary/aromatic N) is 5. The Balaban J connectivity index is 0.000000239. The average molecular weight is 1140 g/mol. The fraction of sp³-hybridized carbons (Fsp3) is 0.567. The van der Waals surface area contributed by atoms with Crippen LogP contribution < -0.4 is 29.9 Å². The number of rotatable bonds is 16. The van der Waals surface area contributed by atoms with E-state index in [0.717, 1.165) is 125 Å². The molecule has 0 bridgehead atoms. The van der Waals surface area contributed by atoms with Gasteiger partial charge < -0.3 is 44.7 Å². The van der Waals surface area contributed by atoms with Gasteiger partial charge in [0.15, 0.2) is 0 Å². The summed E-state index contributed by atoms with van der Waals surface area (Å²) in [5.74, 6) is 0.890. The molecule has 4 fully saturated rings. The summed E-state index contributed by atoms with van der Waals surface area (Å²) in [5, 5.41) is 15.6. The maximum atomic E-state index is 13.4. The van der Waals surface area contributed by atoms with Crippen molar-refractivity contribution in [3.05, 3.63) is 118 Å². The number of carbonyl (C=O) groups excluding carboxylic acids is 4. The third-order valence-corrected chi connectivity index (χ3v) is 16.4. The number of hydrogen-bond donors (Lipinski definition) is 3. The number of carboxylic acid groups (broad SMARTS) is 1. The first kappa shape index (κ1) is 64.1. The molecule has 16 nitrogen and oxygen atoms in total. The Labute approximate surface area is 494 Å². The molecule has 2 atom stereocenters. The van der Waals surface area contributed by atoms with Crippen LogP contribution in [0.1, 0.15) is 140 Å². The summed E-state index contributed by atoms with van der Waals surface area (Å²) < 4.78 is 18.0. The molecule has 4 aromatic rings. The zero-order valence-electron chi connectivity index (χ0n) is 51.7. The third-order valence-electron chi connectivity index (χ3n) is 16.4. The zero-order chi connectivity index (χ0) is 60.2. The quantitative estimate of drug-likeness (QED) is 0.0971. The Morgan fingerprint density at radius 1 is 0.627 bits per heavy atom. The second-order valence-electron chi connectivity index (χ2n) is 25.9. The van der Waals surface area contributed by atoms with Crippen molar-refractivity contribution >= 4 is 41.2 Å². The van der Waals surface area contributed by atoms with E-state index in [4.69, 9.17) is 19.3 Å². The number of ether oxygens (including phenoxy) is 3. The van der Waals surface area contributed by atoms with Gasteiger partial charge >= 0.3 is 12.1 Å². The molecule has 83 heavy (non-hydrogen) atoms. The molecule has 452 valence electrons. The highest BCUT2D eigenvalue weighted by Gasteiger charge is 2.34. The lowest BCUT2D eigenvalue weighted by atomic mass is 9.86. The molecule has 8 rings (SSSR count). The molecule has 2 saturated carbocycles. The Kier molecular flexibility index (Phi) is 22.3. The van der Waals surface area contributed by atoms with Gasteiger partial charge in [0.25, 0.3) is 0 Å². The van der Waals surface area contributed by atoms with Crippen molar-refractivity contribution in [3.8, 4) is 11.5 Å². The standard InChI is InChI=1S/C34H47N3O6.C33H48N4O3/c1-23-18-28(13-10-27(23)22-36-16-17-37(24(2)21-36)33(41)43-34(3,4)5)35(6)32(40)26-11-14-29(15-12-26)42-30-9-7-8-25(19-30)20-31(38)39;1-23-18-28(13-10-27(23)22-37-17-16-34-24(2)21-37)36(6)32(39)26-11-14-29(15-12-26)40-30-9-7-8-25(19-30)20-31(38)35-33(3,4)5/h7-10,13,18-19,24,26,29H,11-12,14-17,20-22H2,1-6H3,(H,38,39);7-10,13,18-19,24,26,29,34H,11-12,14-17,20-22H2,1-6H3,(H,35,38)/t2*24-,26?,29?/m00/s1. The van der Waals surface area contributed by atoms with Crippen LogP contribution in [0.2, 0.25) is 0 Å². The van der Waals surface area contributed by atoms with Gasteiger partial charge in [0.2, 0.25) is 17.7 Å². The number of hydrogen-bond acceptors (Lipinski definition) is 11. The third kappa shape index (κ3) is 19.5. The van der Waals surface area contributed by atoms with E-state index in [-0.39, 0.29) is 65.9 Å². The fourth-order valence-electron chi connectivity index (χ4n) is 11.9. The number of piperazine rings is 2. The Morgan fingerprint density at radius 2 is 1.11 bits per heavy atom. The van der Waals surface area contributed by atoms with Crippen LogP contribution in [0.5, 0.6) is 11.5 Å². The summed E-state index contributed by atoms with van der Waals surface area (Å²) in [6.07, 6.45) is 6.56. The first-order valence-electron chi connectivity index (χ1n) is 30.2. The largest absolute Gasteiger partial charge is 0.490 e. The number of nitrogens with one attached hydrogen (secondary N) is 2. The summed E-state index contributed by atoms with van der Waals surface area (Å²) >= 11 is 0. The molecule has 2 aliphatic heterocycles. The second kappa shape index (κ2) is 28.9. The molecule has 0 radical (unpaired) electrons. The summed E-state index contributed by atoms with van der Waals surface area (Å²) in [6.45, 7) is 27.2. The van der Waals surface area contributed by atoms with Crippen molar-refractivity contribution in [2.75, 3.05) is 63.2 Å². The van der Waals surface area contributed by atoms with E-state index in [9.17, 15) is 24.0 Å². The number of benzene rings is 4. The number of amides is 4. The van der Waals surface area contributed by atoms with Gasteiger partial charge in [-0.25, -0.2) is 4.79 Å². The molecule has 16 heteroatoms. The Hall–Kier alpha value is -6.49. The van der Waals surface area contributed by atoms with Crippen LogP contribution >= 0.6 is 0 Å². The van der Waals surface area contributed by atoms with Gasteiger partial charge in [-0.05, 0) is 203 Å². The van der Waals surface area contributed by atoms with E-state index < -0.39 is 11.6 Å². The highest BCUT2D eigenvalue weighted by molar-refractivity contribution is 5.95. The minimum atomic E-state index is -0.866. The van der Waals surface area contributed by atoms with Gasteiger partial charge in [0, 0.05) is 107 Å². The van der Waals surface area contributed by atoms with Crippen molar-refractivity contribution in [1.29, 1.82) is 0 Å². The van der Waals surface area contributed by atoms with Crippen molar-refractivity contribution in [2.24, 2.45) is 11.8 Å². The lowest BCUT2D eigenvalue weighted by Gasteiger charge is -2.40. The van der Waals surface area contributed by atoms with Crippen LogP contribution in [0, 0.1) is 25.7 Å². The molecule has 2 saturated heterocycles. The van der Waals surface area contributed by atoms with E-state index in [1.807, 2.05) is 108 Å². The van der Waals surface area contributed by atoms with Gasteiger partial charge in [-0.2, -0.15) is 0 Å². The normalized spacial score (nSPS) is 21.6. The molecule has 4 aromatic carbocycles. The molecule has 2 aliphatic carbocycles. The Morgan fingerprint density at radius 3 is 1.54 bits per heavy atom. The Bertz CT molecular complexity index is 2850. The van der Waals surface area contributed by atoms with Crippen molar-refractivity contribution in [1.82, 2.24) is 25.3 Å².